The van der Waals surface area contributed by atoms with Crippen molar-refractivity contribution in [3.63, 3.8) is 0 Å². The average Bonchev–Trinajstić information content (AvgIpc) is 3.62. The number of hydrogen-bond acceptors (Lipinski definition) is 3. The summed E-state index contributed by atoms with van der Waals surface area (Å²) < 4.78 is 6.20. The van der Waals surface area contributed by atoms with Gasteiger partial charge in [-0.25, -0.2) is 9.97 Å². The first-order chi connectivity index (χ1) is 26.2. The number of para-hydroxylation sites is 1. The molecule has 2 aromatic heterocycles. The normalized spacial score (nSPS) is 11.4. The second-order valence-corrected chi connectivity index (χ2v) is 13.4. The summed E-state index contributed by atoms with van der Waals surface area (Å²) in [4.78, 5) is 10.4. The fourth-order valence-corrected chi connectivity index (χ4v) is 7.33. The summed E-state index contributed by atoms with van der Waals surface area (Å²) in [5, 5.41) is 4.56. The lowest BCUT2D eigenvalue weighted by molar-refractivity contribution is 0.669. The Kier molecular flexibility index (Phi) is 7.47. The Morgan fingerprint density at radius 3 is 1.62 bits per heavy atom. The minimum atomic E-state index is 0.691. The van der Waals surface area contributed by atoms with Crippen LogP contribution in [0.25, 0.3) is 100.0 Å². The third-order valence-corrected chi connectivity index (χ3v) is 10.0. The van der Waals surface area contributed by atoms with E-state index in [0.29, 0.717) is 5.82 Å². The van der Waals surface area contributed by atoms with Gasteiger partial charge in [-0.05, 0) is 98.8 Å². The van der Waals surface area contributed by atoms with Crippen LogP contribution in [-0.2, 0) is 0 Å². The van der Waals surface area contributed by atoms with Crippen LogP contribution >= 0.6 is 0 Å². The van der Waals surface area contributed by atoms with E-state index < -0.39 is 0 Å². The van der Waals surface area contributed by atoms with Crippen LogP contribution in [0.3, 0.4) is 0 Å². The average molecular weight is 677 g/mol. The van der Waals surface area contributed by atoms with Crippen molar-refractivity contribution in [3.8, 4) is 67.3 Å². The van der Waals surface area contributed by atoms with Crippen molar-refractivity contribution in [2.45, 2.75) is 0 Å². The quantitative estimate of drug-likeness (QED) is 0.176. The van der Waals surface area contributed by atoms with Crippen LogP contribution in [0.4, 0.5) is 0 Å². The summed E-state index contributed by atoms with van der Waals surface area (Å²) in [5.74, 6) is 0.691. The van der Waals surface area contributed by atoms with Crippen molar-refractivity contribution in [3.05, 3.63) is 194 Å². The lowest BCUT2D eigenvalue weighted by Crippen LogP contribution is -1.97. The van der Waals surface area contributed by atoms with Gasteiger partial charge in [-0.15, -0.1) is 0 Å². The lowest BCUT2D eigenvalue weighted by Gasteiger charge is -2.14. The van der Waals surface area contributed by atoms with E-state index in [9.17, 15) is 0 Å². The van der Waals surface area contributed by atoms with Crippen LogP contribution in [0.15, 0.2) is 199 Å². The van der Waals surface area contributed by atoms with Crippen LogP contribution in [0.5, 0.6) is 0 Å². The van der Waals surface area contributed by atoms with Gasteiger partial charge >= 0.3 is 0 Å². The Balaban J connectivity index is 1.19. The summed E-state index contributed by atoms with van der Waals surface area (Å²) in [7, 11) is 0. The fourth-order valence-electron chi connectivity index (χ4n) is 7.33. The molecule has 53 heavy (non-hydrogen) atoms. The molecule has 0 aliphatic heterocycles. The third-order valence-electron chi connectivity index (χ3n) is 10.0. The van der Waals surface area contributed by atoms with Crippen molar-refractivity contribution < 1.29 is 4.42 Å². The van der Waals surface area contributed by atoms with Crippen LogP contribution in [0.1, 0.15) is 0 Å². The Morgan fingerprint density at radius 1 is 0.283 bits per heavy atom. The smallest absolute Gasteiger partial charge is 0.160 e. The molecule has 0 unspecified atom stereocenters. The van der Waals surface area contributed by atoms with Crippen molar-refractivity contribution in [1.29, 1.82) is 0 Å². The van der Waals surface area contributed by atoms with Gasteiger partial charge in [0.25, 0.3) is 0 Å². The molecule has 0 fully saturated rings. The molecule has 10 rings (SSSR count). The van der Waals surface area contributed by atoms with Crippen LogP contribution in [0, 0.1) is 0 Å². The molecule has 0 saturated carbocycles. The minimum Gasteiger partial charge on any atom is -0.456 e. The van der Waals surface area contributed by atoms with Gasteiger partial charge in [0.1, 0.15) is 11.2 Å². The summed E-state index contributed by atoms with van der Waals surface area (Å²) in [6.07, 6.45) is 0. The van der Waals surface area contributed by atoms with Crippen LogP contribution in [-0.4, -0.2) is 9.97 Å². The molecule has 10 aromatic rings. The van der Waals surface area contributed by atoms with Crippen molar-refractivity contribution in [2.75, 3.05) is 0 Å². The Labute approximate surface area is 307 Å². The predicted molar refractivity (Wildman–Crippen MR) is 219 cm³/mol. The van der Waals surface area contributed by atoms with Crippen molar-refractivity contribution in [2.24, 2.45) is 0 Å². The summed E-state index contributed by atoms with van der Waals surface area (Å²) >= 11 is 0. The topological polar surface area (TPSA) is 38.9 Å². The van der Waals surface area contributed by atoms with Crippen molar-refractivity contribution >= 4 is 32.7 Å². The second-order valence-electron chi connectivity index (χ2n) is 13.4. The molecular formula is C50H32N2O. The number of aromatic nitrogens is 2. The Bertz CT molecular complexity index is 2950. The first kappa shape index (κ1) is 30.7. The van der Waals surface area contributed by atoms with Gasteiger partial charge in [-0.3, -0.25) is 0 Å². The maximum Gasteiger partial charge on any atom is 0.160 e. The number of benzene rings is 8. The van der Waals surface area contributed by atoms with E-state index in [1.165, 1.54) is 16.5 Å². The zero-order valence-electron chi connectivity index (χ0n) is 28.8. The van der Waals surface area contributed by atoms with E-state index in [4.69, 9.17) is 14.4 Å². The van der Waals surface area contributed by atoms with Gasteiger partial charge in [-0.1, -0.05) is 140 Å². The summed E-state index contributed by atoms with van der Waals surface area (Å²) in [5.41, 5.74) is 13.4. The first-order valence-electron chi connectivity index (χ1n) is 17.9. The number of furan rings is 1. The molecule has 0 aliphatic rings. The molecule has 0 aliphatic carbocycles. The van der Waals surface area contributed by atoms with E-state index in [1.54, 1.807) is 0 Å². The van der Waals surface area contributed by atoms with E-state index >= 15 is 0 Å². The first-order valence-corrected chi connectivity index (χ1v) is 17.9. The van der Waals surface area contributed by atoms with Crippen LogP contribution in [0.2, 0.25) is 0 Å². The number of hydrogen-bond donors (Lipinski definition) is 0. The number of nitrogens with zero attached hydrogens (tertiary/aromatic N) is 2. The maximum absolute atomic E-state index is 6.20. The molecule has 0 N–H and O–H groups in total. The molecule has 0 amide bonds. The van der Waals surface area contributed by atoms with E-state index in [-0.39, 0.29) is 0 Å². The van der Waals surface area contributed by atoms with Gasteiger partial charge in [0.05, 0.1) is 11.4 Å². The molecule has 0 spiro atoms. The maximum atomic E-state index is 6.20. The standard InChI is InChI=1S/C50H32N2O/c1-3-12-33(13-4-1)37-18-11-19-38(26-37)41-28-42(39-24-25-49-45(31-39)44-20-9-10-21-48(44)53-49)30-43(29-41)47-32-46(35-15-5-2-6-16-35)51-50(52-47)40-23-22-34-14-7-8-17-36(34)27-40/h1-32H. The lowest BCUT2D eigenvalue weighted by atomic mass is 9.92. The SMILES string of the molecule is c1ccc(-c2cccc(-c3cc(-c4ccc5oc6ccccc6c5c4)cc(-c4cc(-c5ccccc5)nc(-c5ccc6ccccc6c5)n4)c3)c2)cc1. The molecule has 2 heterocycles. The number of fused-ring (bicyclic) bond motifs is 4. The molecular weight excluding hydrogens is 645 g/mol. The zero-order chi connectivity index (χ0) is 35.1. The predicted octanol–water partition coefficient (Wildman–Crippen LogP) is 13.5. The largest absolute Gasteiger partial charge is 0.456 e. The summed E-state index contributed by atoms with van der Waals surface area (Å²) in [6, 6.07) is 68.2. The van der Waals surface area contributed by atoms with Gasteiger partial charge in [0.2, 0.25) is 0 Å². The highest BCUT2D eigenvalue weighted by Crippen LogP contribution is 2.38. The van der Waals surface area contributed by atoms with Gasteiger partial charge in [0.15, 0.2) is 5.82 Å². The minimum absolute atomic E-state index is 0.691. The van der Waals surface area contributed by atoms with E-state index in [1.807, 2.05) is 18.2 Å². The molecule has 8 aromatic carbocycles. The third kappa shape index (κ3) is 5.85. The van der Waals surface area contributed by atoms with E-state index in [0.717, 1.165) is 77.7 Å². The Hall–Kier alpha value is -7.10. The zero-order valence-corrected chi connectivity index (χ0v) is 28.8. The van der Waals surface area contributed by atoms with E-state index in [2.05, 4.69) is 176 Å². The summed E-state index contributed by atoms with van der Waals surface area (Å²) in [6.45, 7) is 0. The molecule has 3 heteroatoms. The molecule has 3 nitrogen and oxygen atoms in total. The monoisotopic (exact) mass is 676 g/mol. The molecule has 0 saturated heterocycles. The highest BCUT2D eigenvalue weighted by atomic mass is 16.3. The van der Waals surface area contributed by atoms with Gasteiger partial charge in [0, 0.05) is 27.5 Å². The fraction of sp³-hybridized carbons (Fsp3) is 0. The highest BCUT2D eigenvalue weighted by molar-refractivity contribution is 6.06. The Morgan fingerprint density at radius 2 is 0.830 bits per heavy atom. The molecule has 0 radical (unpaired) electrons. The van der Waals surface area contributed by atoms with Crippen LogP contribution < -0.4 is 0 Å². The highest BCUT2D eigenvalue weighted by Gasteiger charge is 2.16. The number of rotatable bonds is 6. The van der Waals surface area contributed by atoms with Gasteiger partial charge < -0.3 is 4.42 Å². The van der Waals surface area contributed by atoms with Gasteiger partial charge in [-0.2, -0.15) is 0 Å². The van der Waals surface area contributed by atoms with Crippen molar-refractivity contribution in [1.82, 2.24) is 9.97 Å². The second kappa shape index (κ2) is 12.9. The molecule has 0 bridgehead atoms. The molecule has 0 atom stereocenters. The molecule has 248 valence electrons.